The quantitative estimate of drug-likeness (QED) is 0.688. The standard InChI is InChI=1S/C23H33N3O3.ClH/c1-24(2)20(27)9-15-26-18-22(29-23(10-11-23)21(26)28)12-16-25(17-13-22)14-8-19-6-4-3-5-7-19;/h3-7H,8-18H2,1-2H3;1H. The molecule has 2 aliphatic heterocycles. The van der Waals surface area contributed by atoms with Crippen LogP contribution in [0.3, 0.4) is 0 Å². The Bertz CT molecular complexity index is 743. The molecule has 1 aliphatic carbocycles. The monoisotopic (exact) mass is 435 g/mol. The second-order valence-electron chi connectivity index (χ2n) is 9.12. The highest BCUT2D eigenvalue weighted by atomic mass is 35.5. The van der Waals surface area contributed by atoms with E-state index in [9.17, 15) is 9.59 Å². The number of likely N-dealkylation sites (tertiary alicyclic amines) is 1. The normalized spacial score (nSPS) is 22.1. The molecule has 0 bridgehead atoms. The number of carbonyl (C=O) groups is 2. The number of piperidine rings is 1. The smallest absolute Gasteiger partial charge is 0.254 e. The molecule has 0 unspecified atom stereocenters. The molecule has 0 atom stereocenters. The predicted molar refractivity (Wildman–Crippen MR) is 119 cm³/mol. The Morgan fingerprint density at radius 2 is 1.73 bits per heavy atom. The Labute approximate surface area is 185 Å². The van der Waals surface area contributed by atoms with E-state index in [1.165, 1.54) is 5.56 Å². The molecule has 6 nitrogen and oxygen atoms in total. The number of rotatable bonds is 6. The van der Waals surface area contributed by atoms with Gasteiger partial charge in [0.05, 0.1) is 5.60 Å². The second-order valence-corrected chi connectivity index (χ2v) is 9.12. The summed E-state index contributed by atoms with van der Waals surface area (Å²) in [6, 6.07) is 10.6. The number of hydrogen-bond donors (Lipinski definition) is 0. The first-order valence-corrected chi connectivity index (χ1v) is 10.9. The lowest BCUT2D eigenvalue weighted by molar-refractivity contribution is -0.200. The van der Waals surface area contributed by atoms with Crippen molar-refractivity contribution in [3.8, 4) is 0 Å². The summed E-state index contributed by atoms with van der Waals surface area (Å²) in [7, 11) is 3.52. The molecule has 0 radical (unpaired) electrons. The van der Waals surface area contributed by atoms with E-state index in [0.717, 1.165) is 51.7 Å². The Balaban J connectivity index is 0.00000256. The highest BCUT2D eigenvalue weighted by Gasteiger charge is 2.61. The molecule has 2 amide bonds. The van der Waals surface area contributed by atoms with Crippen LogP contribution in [0.15, 0.2) is 30.3 Å². The highest BCUT2D eigenvalue weighted by Crippen LogP contribution is 2.49. The minimum absolute atomic E-state index is 0. The molecule has 0 N–H and O–H groups in total. The van der Waals surface area contributed by atoms with Crippen LogP contribution in [0.5, 0.6) is 0 Å². The van der Waals surface area contributed by atoms with Crippen molar-refractivity contribution in [2.75, 3.05) is 46.8 Å². The van der Waals surface area contributed by atoms with Gasteiger partial charge >= 0.3 is 0 Å². The van der Waals surface area contributed by atoms with Crippen LogP contribution in [0.1, 0.15) is 37.7 Å². The van der Waals surface area contributed by atoms with Gasteiger partial charge in [0.25, 0.3) is 5.91 Å². The summed E-state index contributed by atoms with van der Waals surface area (Å²) in [5.41, 5.74) is 0.543. The SMILES string of the molecule is CN(C)C(=O)CCN1CC2(CCN(CCc3ccccc3)CC2)OC2(CC2)C1=O.Cl. The molecular formula is C23H34ClN3O3. The second kappa shape index (κ2) is 9.25. The maximum absolute atomic E-state index is 12.9. The number of carbonyl (C=O) groups excluding carboxylic acids is 2. The third-order valence-corrected chi connectivity index (χ3v) is 6.69. The molecule has 7 heteroatoms. The largest absolute Gasteiger partial charge is 0.357 e. The Morgan fingerprint density at radius 3 is 2.33 bits per heavy atom. The summed E-state index contributed by atoms with van der Waals surface area (Å²) in [6.07, 6.45) is 5.00. The molecule has 0 aromatic heterocycles. The van der Waals surface area contributed by atoms with Crippen molar-refractivity contribution >= 4 is 24.2 Å². The molecular weight excluding hydrogens is 402 g/mol. The van der Waals surface area contributed by atoms with Crippen LogP contribution in [0, 0.1) is 0 Å². The third kappa shape index (κ3) is 4.98. The van der Waals surface area contributed by atoms with Crippen LogP contribution in [0.2, 0.25) is 0 Å². The number of ether oxygens (including phenoxy) is 1. The first-order chi connectivity index (χ1) is 13.9. The van der Waals surface area contributed by atoms with Crippen molar-refractivity contribution in [2.45, 2.75) is 49.7 Å². The lowest BCUT2D eigenvalue weighted by Gasteiger charge is -2.50. The molecule has 166 valence electrons. The number of benzene rings is 1. The molecule has 1 aromatic carbocycles. The van der Waals surface area contributed by atoms with Crippen LogP contribution in [-0.2, 0) is 20.7 Å². The van der Waals surface area contributed by atoms with Gasteiger partial charge in [0.1, 0.15) is 5.60 Å². The van der Waals surface area contributed by atoms with Crippen LogP contribution in [0.25, 0.3) is 0 Å². The van der Waals surface area contributed by atoms with Gasteiger partial charge in [-0.3, -0.25) is 9.59 Å². The first kappa shape index (κ1) is 23.0. The Hall–Kier alpha value is -1.63. The molecule has 30 heavy (non-hydrogen) atoms. The van der Waals surface area contributed by atoms with Crippen molar-refractivity contribution in [3.05, 3.63) is 35.9 Å². The fraction of sp³-hybridized carbons (Fsp3) is 0.652. The highest BCUT2D eigenvalue weighted by molar-refractivity contribution is 5.89. The summed E-state index contributed by atoms with van der Waals surface area (Å²) in [5.74, 6) is 0.167. The summed E-state index contributed by atoms with van der Waals surface area (Å²) in [6.45, 7) is 4.19. The molecule has 3 fully saturated rings. The van der Waals surface area contributed by atoms with E-state index < -0.39 is 5.60 Å². The van der Waals surface area contributed by atoms with Crippen molar-refractivity contribution < 1.29 is 14.3 Å². The topological polar surface area (TPSA) is 53.1 Å². The van der Waals surface area contributed by atoms with E-state index in [2.05, 4.69) is 35.2 Å². The maximum Gasteiger partial charge on any atom is 0.254 e. The number of morpholine rings is 1. The minimum atomic E-state index is -0.592. The van der Waals surface area contributed by atoms with Gasteiger partial charge in [-0.15, -0.1) is 12.4 Å². The number of nitrogens with zero attached hydrogens (tertiary/aromatic N) is 3. The van der Waals surface area contributed by atoms with Gasteiger partial charge in [0, 0.05) is 53.2 Å². The van der Waals surface area contributed by atoms with E-state index in [1.807, 2.05) is 4.90 Å². The lowest BCUT2D eigenvalue weighted by Crippen LogP contribution is -2.63. The fourth-order valence-electron chi connectivity index (χ4n) is 4.64. The summed E-state index contributed by atoms with van der Waals surface area (Å²) in [5, 5.41) is 0. The average molecular weight is 436 g/mol. The maximum atomic E-state index is 12.9. The predicted octanol–water partition coefficient (Wildman–Crippen LogP) is 2.36. The minimum Gasteiger partial charge on any atom is -0.357 e. The van der Waals surface area contributed by atoms with Crippen LogP contribution < -0.4 is 0 Å². The summed E-state index contributed by atoms with van der Waals surface area (Å²) >= 11 is 0. The van der Waals surface area contributed by atoms with Gasteiger partial charge in [-0.2, -0.15) is 0 Å². The third-order valence-electron chi connectivity index (χ3n) is 6.69. The van der Waals surface area contributed by atoms with Gasteiger partial charge in [0.15, 0.2) is 0 Å². The Morgan fingerprint density at radius 1 is 1.07 bits per heavy atom. The molecule has 1 saturated carbocycles. The molecule has 1 aromatic rings. The van der Waals surface area contributed by atoms with Crippen molar-refractivity contribution in [3.63, 3.8) is 0 Å². The van der Waals surface area contributed by atoms with Gasteiger partial charge in [-0.25, -0.2) is 0 Å². The van der Waals surface area contributed by atoms with E-state index in [4.69, 9.17) is 4.74 Å². The van der Waals surface area contributed by atoms with Gasteiger partial charge < -0.3 is 19.4 Å². The zero-order chi connectivity index (χ0) is 20.5. The molecule has 2 spiro atoms. The number of hydrogen-bond acceptors (Lipinski definition) is 4. The fourth-order valence-corrected chi connectivity index (χ4v) is 4.64. The number of amides is 2. The van der Waals surface area contributed by atoms with Crippen LogP contribution >= 0.6 is 12.4 Å². The zero-order valence-corrected chi connectivity index (χ0v) is 19.0. The molecule has 3 aliphatic rings. The van der Waals surface area contributed by atoms with E-state index >= 15 is 0 Å². The van der Waals surface area contributed by atoms with Crippen molar-refractivity contribution in [1.82, 2.24) is 14.7 Å². The number of halogens is 1. The Kier molecular flexibility index (Phi) is 7.10. The summed E-state index contributed by atoms with van der Waals surface area (Å²) in [4.78, 5) is 30.9. The molecule has 4 rings (SSSR count). The summed E-state index contributed by atoms with van der Waals surface area (Å²) < 4.78 is 6.51. The zero-order valence-electron chi connectivity index (χ0n) is 18.1. The van der Waals surface area contributed by atoms with Gasteiger partial charge in [-0.05, 0) is 37.7 Å². The lowest BCUT2D eigenvalue weighted by atomic mass is 9.87. The van der Waals surface area contributed by atoms with Crippen molar-refractivity contribution in [1.29, 1.82) is 0 Å². The van der Waals surface area contributed by atoms with E-state index in [-0.39, 0.29) is 29.8 Å². The van der Waals surface area contributed by atoms with Gasteiger partial charge in [0.2, 0.25) is 5.91 Å². The van der Waals surface area contributed by atoms with E-state index in [1.54, 1.807) is 19.0 Å². The van der Waals surface area contributed by atoms with E-state index in [0.29, 0.717) is 19.5 Å². The molecule has 2 heterocycles. The first-order valence-electron chi connectivity index (χ1n) is 10.9. The van der Waals surface area contributed by atoms with Crippen molar-refractivity contribution in [2.24, 2.45) is 0 Å². The molecule has 2 saturated heterocycles. The van der Waals surface area contributed by atoms with Crippen LogP contribution in [-0.4, -0.2) is 84.5 Å². The van der Waals surface area contributed by atoms with Gasteiger partial charge in [-0.1, -0.05) is 30.3 Å². The van der Waals surface area contributed by atoms with Crippen LogP contribution in [0.4, 0.5) is 0 Å². The average Bonchev–Trinajstić information content (AvgIpc) is 3.50.